The summed E-state index contributed by atoms with van der Waals surface area (Å²) < 4.78 is 5.16. The van der Waals surface area contributed by atoms with Gasteiger partial charge in [-0.15, -0.1) is 11.6 Å². The van der Waals surface area contributed by atoms with E-state index in [0.717, 1.165) is 44.1 Å². The first-order valence-corrected chi connectivity index (χ1v) is 13.1. The number of hydrogen-bond donors (Lipinski definition) is 2. The van der Waals surface area contributed by atoms with Gasteiger partial charge in [-0.1, -0.05) is 43.2 Å². The van der Waals surface area contributed by atoms with Gasteiger partial charge in [0, 0.05) is 30.7 Å². The van der Waals surface area contributed by atoms with Crippen LogP contribution in [-0.4, -0.2) is 54.9 Å². The van der Waals surface area contributed by atoms with Gasteiger partial charge in [-0.2, -0.15) is 0 Å². The van der Waals surface area contributed by atoms with Gasteiger partial charge in [0.25, 0.3) is 5.91 Å². The number of nitrogens with zero attached hydrogens (tertiary/aromatic N) is 1. The molecule has 1 aliphatic carbocycles. The van der Waals surface area contributed by atoms with E-state index in [1.165, 1.54) is 0 Å². The summed E-state index contributed by atoms with van der Waals surface area (Å²) in [4.78, 5) is 40.8. The molecular formula is C28H34ClN3O4. The van der Waals surface area contributed by atoms with Crippen molar-refractivity contribution in [3.8, 4) is 5.75 Å². The summed E-state index contributed by atoms with van der Waals surface area (Å²) in [6.45, 7) is 0.957. The summed E-state index contributed by atoms with van der Waals surface area (Å²) in [7, 11) is 1.59. The van der Waals surface area contributed by atoms with Crippen LogP contribution in [0.4, 0.5) is 0 Å². The number of carbonyl (C=O) groups is 3. The van der Waals surface area contributed by atoms with Crippen molar-refractivity contribution in [2.75, 3.05) is 20.2 Å². The van der Waals surface area contributed by atoms with Gasteiger partial charge in [0.15, 0.2) is 0 Å². The first kappa shape index (κ1) is 26.0. The molecule has 2 N–H and O–H groups in total. The van der Waals surface area contributed by atoms with Crippen LogP contribution in [0, 0.1) is 5.92 Å². The van der Waals surface area contributed by atoms with Crippen LogP contribution in [-0.2, 0) is 9.59 Å². The second-order valence-corrected chi connectivity index (χ2v) is 10.0. The monoisotopic (exact) mass is 511 g/mol. The lowest BCUT2D eigenvalue weighted by Crippen LogP contribution is -2.55. The molecular weight excluding hydrogens is 478 g/mol. The predicted molar refractivity (Wildman–Crippen MR) is 139 cm³/mol. The zero-order valence-corrected chi connectivity index (χ0v) is 21.4. The van der Waals surface area contributed by atoms with E-state index in [4.69, 9.17) is 16.3 Å². The van der Waals surface area contributed by atoms with Crippen molar-refractivity contribution >= 4 is 29.3 Å². The maximum atomic E-state index is 13.2. The second-order valence-electron chi connectivity index (χ2n) is 9.60. The minimum Gasteiger partial charge on any atom is -0.497 e. The lowest BCUT2D eigenvalue weighted by atomic mass is 9.88. The van der Waals surface area contributed by atoms with Crippen LogP contribution < -0.4 is 15.4 Å². The lowest BCUT2D eigenvalue weighted by Gasteiger charge is -2.36. The first-order chi connectivity index (χ1) is 17.5. The Morgan fingerprint density at radius 2 is 1.58 bits per heavy atom. The molecule has 0 radical (unpaired) electrons. The third kappa shape index (κ3) is 6.38. The van der Waals surface area contributed by atoms with Gasteiger partial charge in [0.1, 0.15) is 11.1 Å². The maximum Gasteiger partial charge on any atom is 0.251 e. The van der Waals surface area contributed by atoms with Crippen LogP contribution in [0.2, 0.25) is 0 Å². The van der Waals surface area contributed by atoms with Crippen molar-refractivity contribution < 1.29 is 19.1 Å². The van der Waals surface area contributed by atoms with Crippen molar-refractivity contribution in [1.82, 2.24) is 15.5 Å². The van der Waals surface area contributed by atoms with Gasteiger partial charge in [0.05, 0.1) is 13.0 Å². The Morgan fingerprint density at radius 1 is 0.917 bits per heavy atom. The van der Waals surface area contributed by atoms with Crippen molar-refractivity contribution in [2.45, 2.75) is 56.0 Å². The van der Waals surface area contributed by atoms with Crippen LogP contribution in [0.15, 0.2) is 54.6 Å². The number of piperidine rings is 1. The summed E-state index contributed by atoms with van der Waals surface area (Å²) in [5.74, 6) is 0.0183. The first-order valence-electron chi connectivity index (χ1n) is 12.7. The predicted octanol–water partition coefficient (Wildman–Crippen LogP) is 4.07. The highest BCUT2D eigenvalue weighted by atomic mass is 35.5. The number of benzene rings is 2. The fourth-order valence-corrected chi connectivity index (χ4v) is 5.37. The minimum atomic E-state index is -0.760. The number of halogens is 1. The Morgan fingerprint density at radius 3 is 2.25 bits per heavy atom. The van der Waals surface area contributed by atoms with E-state index in [2.05, 4.69) is 10.6 Å². The average molecular weight is 512 g/mol. The Balaban J connectivity index is 1.34. The molecule has 2 fully saturated rings. The van der Waals surface area contributed by atoms with Crippen LogP contribution in [0.3, 0.4) is 0 Å². The highest BCUT2D eigenvalue weighted by Gasteiger charge is 2.34. The zero-order valence-electron chi connectivity index (χ0n) is 20.6. The third-order valence-electron chi connectivity index (χ3n) is 7.18. The highest BCUT2D eigenvalue weighted by Crippen LogP contribution is 2.27. The highest BCUT2D eigenvalue weighted by molar-refractivity contribution is 6.30. The largest absolute Gasteiger partial charge is 0.497 e. The van der Waals surface area contributed by atoms with Crippen molar-refractivity contribution in [2.24, 2.45) is 5.92 Å². The summed E-state index contributed by atoms with van der Waals surface area (Å²) >= 11 is 6.47. The van der Waals surface area contributed by atoms with Crippen LogP contribution in [0.1, 0.15) is 59.8 Å². The number of amides is 3. The molecule has 3 amide bonds. The van der Waals surface area contributed by atoms with Gasteiger partial charge < -0.3 is 20.3 Å². The number of ether oxygens (including phenoxy) is 1. The summed E-state index contributed by atoms with van der Waals surface area (Å²) in [5.41, 5.74) is 1.32. The topological polar surface area (TPSA) is 87.7 Å². The van der Waals surface area contributed by atoms with Crippen molar-refractivity contribution in [1.29, 1.82) is 0 Å². The van der Waals surface area contributed by atoms with Gasteiger partial charge in [-0.3, -0.25) is 14.4 Å². The Kier molecular flexibility index (Phi) is 8.86. The fraction of sp³-hybridized carbons (Fsp3) is 0.464. The normalized spacial score (nSPS) is 22.8. The number of hydrogen-bond acceptors (Lipinski definition) is 4. The minimum absolute atomic E-state index is 0.0612. The van der Waals surface area contributed by atoms with E-state index < -0.39 is 5.38 Å². The van der Waals surface area contributed by atoms with E-state index >= 15 is 0 Å². The molecule has 7 nitrogen and oxygen atoms in total. The molecule has 0 spiro atoms. The molecule has 2 aliphatic rings. The number of likely N-dealkylation sites (tertiary alicyclic amines) is 1. The van der Waals surface area contributed by atoms with Gasteiger partial charge >= 0.3 is 0 Å². The van der Waals surface area contributed by atoms with Crippen LogP contribution >= 0.6 is 11.6 Å². The van der Waals surface area contributed by atoms with Crippen LogP contribution in [0.25, 0.3) is 0 Å². The van der Waals surface area contributed by atoms with Crippen molar-refractivity contribution in [3.05, 3.63) is 65.7 Å². The smallest absolute Gasteiger partial charge is 0.251 e. The van der Waals surface area contributed by atoms with Crippen molar-refractivity contribution in [3.63, 3.8) is 0 Å². The molecule has 36 heavy (non-hydrogen) atoms. The second kappa shape index (κ2) is 12.3. The number of rotatable bonds is 7. The summed E-state index contributed by atoms with van der Waals surface area (Å²) in [6.07, 6.45) is 5.11. The van der Waals surface area contributed by atoms with E-state index in [9.17, 15) is 14.4 Å². The van der Waals surface area contributed by atoms with E-state index in [0.29, 0.717) is 24.4 Å². The van der Waals surface area contributed by atoms with Crippen LogP contribution in [0.5, 0.6) is 5.75 Å². The molecule has 1 saturated heterocycles. The third-order valence-corrected chi connectivity index (χ3v) is 7.61. The molecule has 1 aliphatic heterocycles. The number of nitrogens with one attached hydrogen (secondary N) is 2. The Bertz CT molecular complexity index is 1050. The number of methoxy groups -OCH3 is 1. The quantitative estimate of drug-likeness (QED) is 0.548. The molecule has 1 heterocycles. The number of alkyl halides is 1. The summed E-state index contributed by atoms with van der Waals surface area (Å²) in [6, 6.07) is 16.0. The SMILES string of the molecule is COc1ccc(C(=O)N[C@@H]2CCCC[C@H]2NC(=O)C2CCCN(C(=O)C(Cl)c3ccccc3)C2)cc1. The molecule has 2 unspecified atom stereocenters. The summed E-state index contributed by atoms with van der Waals surface area (Å²) in [5, 5.41) is 5.54. The molecule has 0 bridgehead atoms. The van der Waals surface area contributed by atoms with E-state index in [-0.39, 0.29) is 35.7 Å². The molecule has 192 valence electrons. The molecule has 1 saturated carbocycles. The van der Waals surface area contributed by atoms with Gasteiger partial charge in [0.2, 0.25) is 11.8 Å². The molecule has 4 atom stereocenters. The van der Waals surface area contributed by atoms with E-state index in [1.54, 1.807) is 36.3 Å². The molecule has 2 aromatic rings. The Hall–Kier alpha value is -3.06. The lowest BCUT2D eigenvalue weighted by molar-refractivity contribution is -0.135. The van der Waals surface area contributed by atoms with Gasteiger partial charge in [-0.25, -0.2) is 0 Å². The molecule has 2 aromatic carbocycles. The average Bonchev–Trinajstić information content (AvgIpc) is 2.93. The van der Waals surface area contributed by atoms with E-state index in [1.807, 2.05) is 30.3 Å². The molecule has 8 heteroatoms. The molecule has 0 aromatic heterocycles. The maximum absolute atomic E-state index is 13.2. The zero-order chi connectivity index (χ0) is 25.5. The van der Waals surface area contributed by atoms with Gasteiger partial charge in [-0.05, 0) is 55.5 Å². The number of carbonyl (C=O) groups excluding carboxylic acids is 3. The molecule has 4 rings (SSSR count). The fourth-order valence-electron chi connectivity index (χ4n) is 5.09. The standard InChI is InChI=1S/C28H34ClN3O4/c1-36-22-15-13-20(14-16-22)26(33)30-23-11-5-6-12-24(23)31-27(34)21-10-7-17-32(18-21)28(35)25(29)19-8-3-2-4-9-19/h2-4,8-9,13-16,21,23-25H,5-7,10-12,17-18H2,1H3,(H,30,33)(H,31,34)/t21?,23-,24-,25?/m1/s1. The Labute approximate surface area is 217 Å².